The third kappa shape index (κ3) is 3.29. The Balaban J connectivity index is 2.27. The van der Waals surface area contributed by atoms with E-state index in [1.165, 1.54) is 24.3 Å². The largest absolute Gasteiger partial charge is 0.329 e. The van der Waals surface area contributed by atoms with Gasteiger partial charge in [-0.2, -0.15) is 0 Å². The summed E-state index contributed by atoms with van der Waals surface area (Å²) in [7, 11) is -3.76. The van der Waals surface area contributed by atoms with Crippen LogP contribution in [-0.2, 0) is 10.0 Å². The minimum atomic E-state index is -3.76. The average molecular weight is 327 g/mol. The lowest BCUT2D eigenvalue weighted by Gasteiger charge is -2.42. The van der Waals surface area contributed by atoms with E-state index in [0.717, 1.165) is 19.3 Å². The van der Waals surface area contributed by atoms with Gasteiger partial charge in [-0.05, 0) is 30.9 Å². The second-order valence-corrected chi connectivity index (χ2v) is 7.55. The first-order chi connectivity index (χ1) is 10.3. The topological polar surface area (TPSA) is 115 Å². The molecule has 0 radical (unpaired) electrons. The molecule has 0 bridgehead atoms. The zero-order chi connectivity index (χ0) is 16.4. The Morgan fingerprint density at radius 2 is 2.00 bits per heavy atom. The van der Waals surface area contributed by atoms with E-state index in [1.807, 2.05) is 6.92 Å². The van der Waals surface area contributed by atoms with Crippen LogP contribution in [0.1, 0.15) is 32.6 Å². The van der Waals surface area contributed by atoms with Crippen molar-refractivity contribution in [2.75, 3.05) is 6.54 Å². The zero-order valence-electron chi connectivity index (χ0n) is 12.5. The van der Waals surface area contributed by atoms with Crippen LogP contribution in [0.3, 0.4) is 0 Å². The van der Waals surface area contributed by atoms with E-state index >= 15 is 0 Å². The molecule has 8 heteroatoms. The molecule has 0 aliphatic heterocycles. The maximum Gasteiger partial charge on any atom is 0.269 e. The van der Waals surface area contributed by atoms with Gasteiger partial charge in [0.2, 0.25) is 10.0 Å². The van der Waals surface area contributed by atoms with Gasteiger partial charge in [0.15, 0.2) is 0 Å². The quantitative estimate of drug-likeness (QED) is 0.632. The molecule has 1 aromatic rings. The first-order valence-corrected chi connectivity index (χ1v) is 8.77. The van der Waals surface area contributed by atoms with Crippen molar-refractivity contribution in [3.05, 3.63) is 34.4 Å². The van der Waals surface area contributed by atoms with Crippen molar-refractivity contribution in [3.8, 4) is 0 Å². The molecule has 1 aliphatic carbocycles. The van der Waals surface area contributed by atoms with Gasteiger partial charge in [-0.3, -0.25) is 10.1 Å². The molecule has 0 heterocycles. The van der Waals surface area contributed by atoms with E-state index in [2.05, 4.69) is 4.72 Å². The highest BCUT2D eigenvalue weighted by molar-refractivity contribution is 7.89. The number of sulfonamides is 1. The molecule has 3 N–H and O–H groups in total. The Morgan fingerprint density at radius 3 is 2.50 bits per heavy atom. The SMILES string of the molecule is C[C@@H]1CCCC[C@]1(CN)NS(=O)(=O)c1ccc([N+](=O)[O-])cc1. The molecule has 0 unspecified atom stereocenters. The highest BCUT2D eigenvalue weighted by Crippen LogP contribution is 2.34. The van der Waals surface area contributed by atoms with Crippen LogP contribution < -0.4 is 10.5 Å². The van der Waals surface area contributed by atoms with E-state index in [1.54, 1.807) is 0 Å². The number of hydrogen-bond donors (Lipinski definition) is 2. The molecule has 0 aromatic heterocycles. The fourth-order valence-corrected chi connectivity index (χ4v) is 4.52. The van der Waals surface area contributed by atoms with Gasteiger partial charge in [-0.25, -0.2) is 13.1 Å². The van der Waals surface area contributed by atoms with Crippen LogP contribution in [0.25, 0.3) is 0 Å². The van der Waals surface area contributed by atoms with Gasteiger partial charge in [0.1, 0.15) is 0 Å². The van der Waals surface area contributed by atoms with Crippen LogP contribution in [0.4, 0.5) is 5.69 Å². The van der Waals surface area contributed by atoms with E-state index in [4.69, 9.17) is 5.73 Å². The monoisotopic (exact) mass is 327 g/mol. The number of nitrogens with one attached hydrogen (secondary N) is 1. The highest BCUT2D eigenvalue weighted by Gasteiger charge is 2.40. The predicted octanol–water partition coefficient (Wildman–Crippen LogP) is 1.78. The minimum Gasteiger partial charge on any atom is -0.329 e. The van der Waals surface area contributed by atoms with Crippen molar-refractivity contribution in [2.45, 2.75) is 43.0 Å². The summed E-state index contributed by atoms with van der Waals surface area (Å²) >= 11 is 0. The van der Waals surface area contributed by atoms with E-state index in [-0.39, 0.29) is 23.0 Å². The van der Waals surface area contributed by atoms with E-state index < -0.39 is 20.5 Å². The number of nitro groups is 1. The normalized spacial score (nSPS) is 25.8. The molecular formula is C14H21N3O4S. The molecule has 1 fully saturated rings. The summed E-state index contributed by atoms with van der Waals surface area (Å²) in [6, 6.07) is 4.87. The Kier molecular flexibility index (Phi) is 4.84. The van der Waals surface area contributed by atoms with Crippen LogP contribution >= 0.6 is 0 Å². The Bertz CT molecular complexity index is 645. The van der Waals surface area contributed by atoms with Crippen molar-refractivity contribution < 1.29 is 13.3 Å². The lowest BCUT2D eigenvalue weighted by atomic mass is 9.74. The van der Waals surface area contributed by atoms with Crippen LogP contribution in [0.15, 0.2) is 29.2 Å². The Hall–Kier alpha value is -1.51. The smallest absolute Gasteiger partial charge is 0.269 e. The molecule has 0 amide bonds. The van der Waals surface area contributed by atoms with E-state index in [0.29, 0.717) is 6.42 Å². The lowest BCUT2D eigenvalue weighted by Crippen LogP contribution is -2.58. The summed E-state index contributed by atoms with van der Waals surface area (Å²) in [5.41, 5.74) is 5.08. The van der Waals surface area contributed by atoms with Gasteiger partial charge >= 0.3 is 0 Å². The average Bonchev–Trinajstić information content (AvgIpc) is 2.49. The third-order valence-corrected chi connectivity index (χ3v) is 6.08. The molecule has 2 rings (SSSR count). The zero-order valence-corrected chi connectivity index (χ0v) is 13.3. The number of rotatable bonds is 5. The highest BCUT2D eigenvalue weighted by atomic mass is 32.2. The standard InChI is InChI=1S/C14H21N3O4S/c1-11-4-2-3-9-14(11,10-15)16-22(20,21)13-7-5-12(6-8-13)17(18)19/h5-8,11,16H,2-4,9-10,15H2,1H3/t11-,14-/m1/s1. The summed E-state index contributed by atoms with van der Waals surface area (Å²) < 4.78 is 27.9. The third-order valence-electron chi connectivity index (χ3n) is 4.51. The van der Waals surface area contributed by atoms with Gasteiger partial charge in [0, 0.05) is 24.2 Å². The summed E-state index contributed by atoms with van der Waals surface area (Å²) in [5, 5.41) is 10.6. The number of nitrogens with two attached hydrogens (primary N) is 1. The van der Waals surface area contributed by atoms with E-state index in [9.17, 15) is 18.5 Å². The van der Waals surface area contributed by atoms with Gasteiger partial charge in [-0.1, -0.05) is 19.8 Å². The van der Waals surface area contributed by atoms with Gasteiger partial charge in [-0.15, -0.1) is 0 Å². The first kappa shape index (κ1) is 16.9. The molecule has 1 aliphatic rings. The number of nitro benzene ring substituents is 1. The summed E-state index contributed by atoms with van der Waals surface area (Å²) in [4.78, 5) is 10.1. The fraction of sp³-hybridized carbons (Fsp3) is 0.571. The maximum atomic E-state index is 12.6. The van der Waals surface area contributed by atoms with Gasteiger partial charge in [0.05, 0.1) is 9.82 Å². The lowest BCUT2D eigenvalue weighted by molar-refractivity contribution is -0.384. The molecule has 7 nitrogen and oxygen atoms in total. The molecule has 0 saturated heterocycles. The molecule has 0 spiro atoms. The molecule has 2 atom stereocenters. The molecule has 122 valence electrons. The van der Waals surface area contributed by atoms with Crippen molar-refractivity contribution in [2.24, 2.45) is 11.7 Å². The van der Waals surface area contributed by atoms with Crippen LogP contribution in [0, 0.1) is 16.0 Å². The fourth-order valence-electron chi connectivity index (χ4n) is 2.98. The minimum absolute atomic E-state index is 0.0173. The summed E-state index contributed by atoms with van der Waals surface area (Å²) in [6.45, 7) is 2.24. The van der Waals surface area contributed by atoms with Crippen molar-refractivity contribution in [1.29, 1.82) is 0 Å². The number of hydrogen-bond acceptors (Lipinski definition) is 5. The molecule has 1 saturated carbocycles. The number of non-ortho nitro benzene ring substituents is 1. The first-order valence-electron chi connectivity index (χ1n) is 7.29. The number of benzene rings is 1. The Morgan fingerprint density at radius 1 is 1.36 bits per heavy atom. The number of nitrogens with zero attached hydrogens (tertiary/aromatic N) is 1. The Labute approximate surface area is 130 Å². The van der Waals surface area contributed by atoms with Crippen LogP contribution in [0.5, 0.6) is 0 Å². The van der Waals surface area contributed by atoms with Gasteiger partial charge < -0.3 is 5.73 Å². The predicted molar refractivity (Wildman–Crippen MR) is 82.8 cm³/mol. The van der Waals surface area contributed by atoms with Crippen LogP contribution in [-0.4, -0.2) is 25.4 Å². The van der Waals surface area contributed by atoms with Crippen molar-refractivity contribution >= 4 is 15.7 Å². The second kappa shape index (κ2) is 6.31. The van der Waals surface area contributed by atoms with Crippen molar-refractivity contribution in [1.82, 2.24) is 4.72 Å². The molecule has 22 heavy (non-hydrogen) atoms. The molecule has 1 aromatic carbocycles. The maximum absolute atomic E-state index is 12.6. The summed E-state index contributed by atoms with van der Waals surface area (Å²) in [5.74, 6) is 0.152. The van der Waals surface area contributed by atoms with Gasteiger partial charge in [0.25, 0.3) is 5.69 Å². The second-order valence-electron chi connectivity index (χ2n) is 5.86. The van der Waals surface area contributed by atoms with Crippen molar-refractivity contribution in [3.63, 3.8) is 0 Å². The summed E-state index contributed by atoms with van der Waals surface area (Å²) in [6.07, 6.45) is 3.64. The molecular weight excluding hydrogens is 306 g/mol. The van der Waals surface area contributed by atoms with Crippen LogP contribution in [0.2, 0.25) is 0 Å².